The van der Waals surface area contributed by atoms with Gasteiger partial charge in [-0.2, -0.15) is 0 Å². The van der Waals surface area contributed by atoms with E-state index in [1.54, 1.807) is 6.20 Å². The van der Waals surface area contributed by atoms with Gasteiger partial charge in [-0.1, -0.05) is 0 Å². The number of pyridine rings is 1. The molecule has 0 spiro atoms. The molecule has 1 aliphatic rings. The van der Waals surface area contributed by atoms with E-state index in [9.17, 15) is 0 Å². The summed E-state index contributed by atoms with van der Waals surface area (Å²) < 4.78 is 0. The average molecular weight is 222 g/mol. The third-order valence-corrected chi connectivity index (χ3v) is 2.23. The third-order valence-electron chi connectivity index (χ3n) is 2.23. The lowest BCUT2D eigenvalue weighted by molar-refractivity contribution is 0.713. The molecule has 1 atom stereocenters. The van der Waals surface area contributed by atoms with E-state index < -0.39 is 0 Å². The Hall–Kier alpha value is -0.510. The molecule has 0 amide bonds. The number of halogens is 2. The van der Waals surface area contributed by atoms with Crippen molar-refractivity contribution < 1.29 is 0 Å². The van der Waals surface area contributed by atoms with Crippen molar-refractivity contribution in [2.75, 3.05) is 5.73 Å². The molecule has 0 saturated heterocycles. The molecule has 2 rings (SSSR count). The zero-order valence-corrected chi connectivity index (χ0v) is 8.70. The number of rotatable bonds is 0. The predicted octanol–water partition coefficient (Wildman–Crippen LogP) is 1.45. The van der Waals surface area contributed by atoms with Crippen molar-refractivity contribution in [3.05, 3.63) is 23.4 Å². The van der Waals surface area contributed by atoms with Gasteiger partial charge in [0.15, 0.2) is 0 Å². The van der Waals surface area contributed by atoms with Crippen molar-refractivity contribution in [1.29, 1.82) is 0 Å². The zero-order valence-electron chi connectivity index (χ0n) is 7.06. The lowest BCUT2D eigenvalue weighted by Gasteiger charge is -2.04. The maximum atomic E-state index is 5.83. The second kappa shape index (κ2) is 4.65. The van der Waals surface area contributed by atoms with Crippen LogP contribution in [0, 0.1) is 0 Å². The second-order valence-corrected chi connectivity index (χ2v) is 2.91. The Morgan fingerprint density at radius 3 is 2.69 bits per heavy atom. The Morgan fingerprint density at radius 2 is 2.08 bits per heavy atom. The van der Waals surface area contributed by atoms with Crippen LogP contribution >= 0.6 is 24.8 Å². The van der Waals surface area contributed by atoms with Crippen molar-refractivity contribution in [3.63, 3.8) is 0 Å². The van der Waals surface area contributed by atoms with E-state index in [0.717, 1.165) is 18.4 Å². The lowest BCUT2D eigenvalue weighted by atomic mass is 10.1. The molecule has 13 heavy (non-hydrogen) atoms. The van der Waals surface area contributed by atoms with Gasteiger partial charge < -0.3 is 11.5 Å². The summed E-state index contributed by atoms with van der Waals surface area (Å²) in [4.78, 5) is 4.01. The summed E-state index contributed by atoms with van der Waals surface area (Å²) in [5.74, 6) is 0.649. The summed E-state index contributed by atoms with van der Waals surface area (Å²) in [5.41, 5.74) is 13.8. The molecule has 0 aliphatic heterocycles. The van der Waals surface area contributed by atoms with Gasteiger partial charge in [-0.25, -0.2) is 4.98 Å². The summed E-state index contributed by atoms with van der Waals surface area (Å²) in [5, 5.41) is 0. The minimum absolute atomic E-state index is 0. The number of fused-ring (bicyclic) bond motifs is 1. The lowest BCUT2D eigenvalue weighted by Crippen LogP contribution is -2.05. The maximum absolute atomic E-state index is 5.83. The molecule has 0 bridgehead atoms. The van der Waals surface area contributed by atoms with Crippen LogP contribution in [0.4, 0.5) is 5.82 Å². The van der Waals surface area contributed by atoms with Crippen LogP contribution in [-0.2, 0) is 6.42 Å². The molecule has 1 aromatic heterocycles. The van der Waals surface area contributed by atoms with Crippen LogP contribution in [-0.4, -0.2) is 4.98 Å². The third kappa shape index (κ3) is 2.05. The van der Waals surface area contributed by atoms with Gasteiger partial charge in [0.2, 0.25) is 0 Å². The van der Waals surface area contributed by atoms with Gasteiger partial charge in [0, 0.05) is 12.2 Å². The second-order valence-electron chi connectivity index (χ2n) is 2.91. The van der Waals surface area contributed by atoms with Crippen LogP contribution in [0.25, 0.3) is 0 Å². The predicted molar refractivity (Wildman–Crippen MR) is 58.4 cm³/mol. The quantitative estimate of drug-likeness (QED) is 0.698. The van der Waals surface area contributed by atoms with E-state index in [4.69, 9.17) is 11.5 Å². The number of aromatic nitrogens is 1. The highest BCUT2D eigenvalue weighted by Gasteiger charge is 2.20. The van der Waals surface area contributed by atoms with Crippen molar-refractivity contribution in [2.45, 2.75) is 18.9 Å². The first-order valence-electron chi connectivity index (χ1n) is 3.78. The van der Waals surface area contributed by atoms with Crippen LogP contribution in [0.5, 0.6) is 0 Å². The van der Waals surface area contributed by atoms with Crippen molar-refractivity contribution in [2.24, 2.45) is 5.73 Å². The Labute approximate surface area is 89.7 Å². The normalized spacial score (nSPS) is 18.4. The SMILES string of the molecule is Cl.Cl.Nc1nccc2c1CC[C@@H]2N. The molecular formula is C8H13Cl2N3. The monoisotopic (exact) mass is 221 g/mol. The molecule has 0 saturated carbocycles. The standard InChI is InChI=1S/C8H11N3.2ClH/c9-7-2-1-6-5(7)3-4-11-8(6)10;;/h3-4,7H,1-2,9H2,(H2,10,11);2*1H/t7-;;/m0../s1. The highest BCUT2D eigenvalue weighted by molar-refractivity contribution is 5.85. The largest absolute Gasteiger partial charge is 0.383 e. The minimum Gasteiger partial charge on any atom is -0.383 e. The first-order valence-corrected chi connectivity index (χ1v) is 3.78. The number of nitrogen functional groups attached to an aromatic ring is 1. The fraction of sp³-hybridized carbons (Fsp3) is 0.375. The van der Waals surface area contributed by atoms with E-state index in [-0.39, 0.29) is 30.9 Å². The Morgan fingerprint density at radius 1 is 1.38 bits per heavy atom. The molecule has 0 fully saturated rings. The van der Waals surface area contributed by atoms with Gasteiger partial charge in [-0.05, 0) is 30.0 Å². The van der Waals surface area contributed by atoms with E-state index in [1.165, 1.54) is 5.56 Å². The van der Waals surface area contributed by atoms with Crippen molar-refractivity contribution in [3.8, 4) is 0 Å². The van der Waals surface area contributed by atoms with E-state index in [2.05, 4.69) is 4.98 Å². The molecule has 0 aromatic carbocycles. The molecule has 0 radical (unpaired) electrons. The first kappa shape index (κ1) is 12.5. The van der Waals surface area contributed by atoms with Gasteiger partial charge >= 0.3 is 0 Å². The highest BCUT2D eigenvalue weighted by Crippen LogP contribution is 2.31. The number of anilines is 1. The maximum Gasteiger partial charge on any atom is 0.126 e. The molecule has 4 N–H and O–H groups in total. The van der Waals surface area contributed by atoms with Gasteiger partial charge in [0.05, 0.1) is 0 Å². The van der Waals surface area contributed by atoms with Gasteiger partial charge in [-0.3, -0.25) is 0 Å². The average Bonchev–Trinajstić information content (AvgIpc) is 2.35. The van der Waals surface area contributed by atoms with Gasteiger partial charge in [-0.15, -0.1) is 24.8 Å². The van der Waals surface area contributed by atoms with Crippen LogP contribution in [0.1, 0.15) is 23.6 Å². The van der Waals surface area contributed by atoms with Crippen LogP contribution in [0.15, 0.2) is 12.3 Å². The molecule has 0 unspecified atom stereocenters. The van der Waals surface area contributed by atoms with E-state index in [1.807, 2.05) is 6.07 Å². The topological polar surface area (TPSA) is 64.9 Å². The smallest absolute Gasteiger partial charge is 0.126 e. The number of nitrogens with zero attached hydrogens (tertiary/aromatic N) is 1. The Kier molecular flexibility index (Phi) is 4.47. The summed E-state index contributed by atoms with van der Waals surface area (Å²) in [6.07, 6.45) is 3.71. The number of hydrogen-bond donors (Lipinski definition) is 2. The van der Waals surface area contributed by atoms with Crippen molar-refractivity contribution in [1.82, 2.24) is 4.98 Å². The zero-order chi connectivity index (χ0) is 7.84. The summed E-state index contributed by atoms with van der Waals surface area (Å²) in [7, 11) is 0. The summed E-state index contributed by atoms with van der Waals surface area (Å²) in [6.45, 7) is 0. The Bertz CT molecular complexity index is 291. The van der Waals surface area contributed by atoms with Crippen LogP contribution in [0.2, 0.25) is 0 Å². The van der Waals surface area contributed by atoms with E-state index >= 15 is 0 Å². The van der Waals surface area contributed by atoms with Gasteiger partial charge in [0.1, 0.15) is 5.82 Å². The first-order chi connectivity index (χ1) is 5.29. The fourth-order valence-corrected chi connectivity index (χ4v) is 1.60. The molecule has 3 nitrogen and oxygen atoms in total. The molecule has 1 heterocycles. The molecule has 1 aliphatic carbocycles. The summed E-state index contributed by atoms with van der Waals surface area (Å²) >= 11 is 0. The van der Waals surface area contributed by atoms with Crippen LogP contribution in [0.3, 0.4) is 0 Å². The minimum atomic E-state index is 0. The molecular weight excluding hydrogens is 209 g/mol. The van der Waals surface area contributed by atoms with Crippen molar-refractivity contribution >= 4 is 30.6 Å². The van der Waals surface area contributed by atoms with E-state index in [0.29, 0.717) is 5.82 Å². The number of nitrogens with two attached hydrogens (primary N) is 2. The van der Waals surface area contributed by atoms with Crippen LogP contribution < -0.4 is 11.5 Å². The van der Waals surface area contributed by atoms with Gasteiger partial charge in [0.25, 0.3) is 0 Å². The molecule has 5 heteroatoms. The highest BCUT2D eigenvalue weighted by atomic mass is 35.5. The molecule has 1 aromatic rings. The summed E-state index contributed by atoms with van der Waals surface area (Å²) in [6, 6.07) is 2.14. The number of hydrogen-bond acceptors (Lipinski definition) is 3. The Balaban J connectivity index is 0.000000720. The fourth-order valence-electron chi connectivity index (χ4n) is 1.60. The molecule has 74 valence electrons.